The SMILES string of the molecule is COc1cc(NC(=O)N2CCCC(O)C2)ccc1Br. The normalized spacial score (nSPS) is 19.1. The summed E-state index contributed by atoms with van der Waals surface area (Å²) in [6.07, 6.45) is 1.17. The lowest BCUT2D eigenvalue weighted by molar-refractivity contribution is 0.0883. The molecule has 0 spiro atoms. The Morgan fingerprint density at radius 2 is 2.37 bits per heavy atom. The van der Waals surface area contributed by atoms with Crippen LogP contribution in [0.25, 0.3) is 0 Å². The molecule has 2 rings (SSSR count). The van der Waals surface area contributed by atoms with Crippen LogP contribution < -0.4 is 10.1 Å². The number of urea groups is 1. The smallest absolute Gasteiger partial charge is 0.321 e. The average molecular weight is 329 g/mol. The van der Waals surface area contributed by atoms with Gasteiger partial charge < -0.3 is 20.1 Å². The Morgan fingerprint density at radius 3 is 3.05 bits per heavy atom. The predicted octanol–water partition coefficient (Wildman–Crippen LogP) is 2.45. The molecule has 1 aromatic rings. The number of methoxy groups -OCH3 is 1. The van der Waals surface area contributed by atoms with Gasteiger partial charge >= 0.3 is 6.03 Å². The van der Waals surface area contributed by atoms with Crippen LogP contribution in [0.2, 0.25) is 0 Å². The van der Waals surface area contributed by atoms with Crippen molar-refractivity contribution in [2.24, 2.45) is 0 Å². The van der Waals surface area contributed by atoms with E-state index >= 15 is 0 Å². The van der Waals surface area contributed by atoms with E-state index in [1.807, 2.05) is 6.07 Å². The van der Waals surface area contributed by atoms with Crippen molar-refractivity contribution in [3.05, 3.63) is 22.7 Å². The van der Waals surface area contributed by atoms with E-state index in [-0.39, 0.29) is 6.03 Å². The molecular weight excluding hydrogens is 312 g/mol. The maximum absolute atomic E-state index is 12.0. The molecule has 1 aliphatic rings. The molecule has 0 bridgehead atoms. The molecule has 1 atom stereocenters. The fraction of sp³-hybridized carbons (Fsp3) is 0.462. The summed E-state index contributed by atoms with van der Waals surface area (Å²) in [7, 11) is 1.58. The Bertz CT molecular complexity index is 467. The first-order chi connectivity index (χ1) is 9.10. The van der Waals surface area contributed by atoms with E-state index in [9.17, 15) is 9.90 Å². The molecule has 2 N–H and O–H groups in total. The first-order valence-corrected chi connectivity index (χ1v) is 6.97. The van der Waals surface area contributed by atoms with Gasteiger partial charge in [0.15, 0.2) is 0 Å². The summed E-state index contributed by atoms with van der Waals surface area (Å²) in [5, 5.41) is 12.4. The van der Waals surface area contributed by atoms with Crippen LogP contribution in [0.1, 0.15) is 12.8 Å². The van der Waals surface area contributed by atoms with Crippen molar-refractivity contribution in [3.63, 3.8) is 0 Å². The fourth-order valence-corrected chi connectivity index (χ4v) is 2.49. The van der Waals surface area contributed by atoms with Gasteiger partial charge in [0.05, 0.1) is 17.7 Å². The first kappa shape index (κ1) is 14.1. The summed E-state index contributed by atoms with van der Waals surface area (Å²) in [5.74, 6) is 0.663. The zero-order chi connectivity index (χ0) is 13.8. The summed E-state index contributed by atoms with van der Waals surface area (Å²) in [6, 6.07) is 5.18. The highest BCUT2D eigenvalue weighted by atomic mass is 79.9. The van der Waals surface area contributed by atoms with E-state index in [1.54, 1.807) is 24.1 Å². The van der Waals surface area contributed by atoms with Crippen LogP contribution in [0.4, 0.5) is 10.5 Å². The second kappa shape index (κ2) is 6.25. The summed E-state index contributed by atoms with van der Waals surface area (Å²) in [6.45, 7) is 1.07. The molecule has 1 aliphatic heterocycles. The second-order valence-electron chi connectivity index (χ2n) is 4.52. The topological polar surface area (TPSA) is 61.8 Å². The Kier molecular flexibility index (Phi) is 4.66. The number of aliphatic hydroxyl groups is 1. The minimum atomic E-state index is -0.418. The standard InChI is InChI=1S/C13H17BrN2O3/c1-19-12-7-9(4-5-11(12)14)15-13(18)16-6-2-3-10(17)8-16/h4-5,7,10,17H,2-3,6,8H2,1H3,(H,15,18). The maximum atomic E-state index is 12.0. The Labute approximate surface area is 120 Å². The van der Waals surface area contributed by atoms with E-state index in [0.29, 0.717) is 24.5 Å². The molecule has 0 aliphatic carbocycles. The number of hydrogen-bond acceptors (Lipinski definition) is 3. The lowest BCUT2D eigenvalue weighted by atomic mass is 10.1. The van der Waals surface area contributed by atoms with Crippen LogP contribution in [-0.4, -0.2) is 42.3 Å². The van der Waals surface area contributed by atoms with Gasteiger partial charge in [-0.25, -0.2) is 4.79 Å². The third-order valence-electron chi connectivity index (χ3n) is 3.09. The van der Waals surface area contributed by atoms with Crippen molar-refractivity contribution in [3.8, 4) is 5.75 Å². The summed E-state index contributed by atoms with van der Waals surface area (Å²) in [4.78, 5) is 13.7. The lowest BCUT2D eigenvalue weighted by Gasteiger charge is -2.30. The monoisotopic (exact) mass is 328 g/mol. The Morgan fingerprint density at radius 1 is 1.58 bits per heavy atom. The first-order valence-electron chi connectivity index (χ1n) is 6.17. The number of anilines is 1. The van der Waals surface area contributed by atoms with Gasteiger partial charge in [0.1, 0.15) is 5.75 Å². The zero-order valence-corrected chi connectivity index (χ0v) is 12.3. The molecule has 104 valence electrons. The third-order valence-corrected chi connectivity index (χ3v) is 3.74. The van der Waals surface area contributed by atoms with Gasteiger partial charge in [-0.2, -0.15) is 0 Å². The van der Waals surface area contributed by atoms with Gasteiger partial charge in [0.2, 0.25) is 0 Å². The number of likely N-dealkylation sites (tertiary alicyclic amines) is 1. The van der Waals surface area contributed by atoms with Crippen molar-refractivity contribution in [2.75, 3.05) is 25.5 Å². The molecule has 6 heteroatoms. The van der Waals surface area contributed by atoms with Crippen molar-refractivity contribution in [1.29, 1.82) is 0 Å². The van der Waals surface area contributed by atoms with Crippen molar-refractivity contribution in [1.82, 2.24) is 4.90 Å². The molecule has 1 aromatic carbocycles. The molecule has 0 saturated carbocycles. The molecule has 1 heterocycles. The average Bonchev–Trinajstić information content (AvgIpc) is 2.41. The van der Waals surface area contributed by atoms with Crippen molar-refractivity contribution in [2.45, 2.75) is 18.9 Å². The van der Waals surface area contributed by atoms with Crippen molar-refractivity contribution < 1.29 is 14.6 Å². The Balaban J connectivity index is 2.02. The number of amides is 2. The number of carbonyl (C=O) groups excluding carboxylic acids is 1. The summed E-state index contributed by atoms with van der Waals surface area (Å²) < 4.78 is 6.01. The van der Waals surface area contributed by atoms with Gasteiger partial charge in [0.25, 0.3) is 0 Å². The van der Waals surface area contributed by atoms with E-state index in [4.69, 9.17) is 4.74 Å². The minimum Gasteiger partial charge on any atom is -0.495 e. The van der Waals surface area contributed by atoms with Gasteiger partial charge in [0, 0.05) is 24.8 Å². The van der Waals surface area contributed by atoms with Gasteiger partial charge in [-0.15, -0.1) is 0 Å². The third kappa shape index (κ3) is 3.61. The highest BCUT2D eigenvalue weighted by Gasteiger charge is 2.22. The van der Waals surface area contributed by atoms with E-state index in [1.165, 1.54) is 0 Å². The number of hydrogen-bond donors (Lipinski definition) is 2. The number of carbonyl (C=O) groups is 1. The number of β-amino-alcohol motifs (C(OH)–C–C–N with tert-alkyl or cyclic N) is 1. The lowest BCUT2D eigenvalue weighted by Crippen LogP contribution is -2.44. The maximum Gasteiger partial charge on any atom is 0.321 e. The molecule has 1 unspecified atom stereocenters. The van der Waals surface area contributed by atoms with Gasteiger partial charge in [-0.1, -0.05) is 0 Å². The van der Waals surface area contributed by atoms with Crippen LogP contribution in [0.3, 0.4) is 0 Å². The number of ether oxygens (including phenoxy) is 1. The fourth-order valence-electron chi connectivity index (χ4n) is 2.08. The highest BCUT2D eigenvalue weighted by molar-refractivity contribution is 9.10. The van der Waals surface area contributed by atoms with Crippen LogP contribution >= 0.6 is 15.9 Å². The number of benzene rings is 1. The molecule has 1 saturated heterocycles. The number of halogens is 1. The Hall–Kier alpha value is -1.27. The largest absolute Gasteiger partial charge is 0.495 e. The second-order valence-corrected chi connectivity index (χ2v) is 5.38. The molecule has 0 radical (unpaired) electrons. The zero-order valence-electron chi connectivity index (χ0n) is 10.7. The molecule has 19 heavy (non-hydrogen) atoms. The van der Waals surface area contributed by atoms with Crippen LogP contribution in [0.15, 0.2) is 22.7 Å². The van der Waals surface area contributed by atoms with Crippen LogP contribution in [0, 0.1) is 0 Å². The van der Waals surface area contributed by atoms with E-state index in [2.05, 4.69) is 21.2 Å². The number of aliphatic hydroxyl groups excluding tert-OH is 1. The number of piperidine rings is 1. The summed E-state index contributed by atoms with van der Waals surface area (Å²) in [5.41, 5.74) is 0.671. The highest BCUT2D eigenvalue weighted by Crippen LogP contribution is 2.28. The molecule has 1 fully saturated rings. The molecule has 5 nitrogen and oxygen atoms in total. The van der Waals surface area contributed by atoms with E-state index < -0.39 is 6.10 Å². The predicted molar refractivity (Wildman–Crippen MR) is 76.5 cm³/mol. The number of rotatable bonds is 2. The molecule has 0 aromatic heterocycles. The number of nitrogens with zero attached hydrogens (tertiary/aromatic N) is 1. The van der Waals surface area contributed by atoms with Gasteiger partial charge in [-0.3, -0.25) is 0 Å². The van der Waals surface area contributed by atoms with Gasteiger partial charge in [-0.05, 0) is 40.9 Å². The quantitative estimate of drug-likeness (QED) is 0.876. The summed E-state index contributed by atoms with van der Waals surface area (Å²) >= 11 is 3.36. The van der Waals surface area contributed by atoms with Crippen LogP contribution in [-0.2, 0) is 0 Å². The molecule has 2 amide bonds. The van der Waals surface area contributed by atoms with Crippen LogP contribution in [0.5, 0.6) is 5.75 Å². The van der Waals surface area contributed by atoms with E-state index in [0.717, 1.165) is 17.3 Å². The van der Waals surface area contributed by atoms with Crippen molar-refractivity contribution >= 4 is 27.6 Å². The minimum absolute atomic E-state index is 0.192. The molecular formula is C13H17BrN2O3. The number of nitrogens with one attached hydrogen (secondary N) is 1.